The highest BCUT2D eigenvalue weighted by Gasteiger charge is 2.18. The molecule has 1 aromatic heterocycles. The van der Waals surface area contributed by atoms with Crippen molar-refractivity contribution < 1.29 is 22.0 Å². The number of Topliss-reactive ketones (excluding diaryl/α,β-unsaturated/α-hetero) is 1. The Bertz CT molecular complexity index is 1340. The number of sulfonamides is 1. The lowest BCUT2D eigenvalue weighted by Crippen LogP contribution is -2.17. The van der Waals surface area contributed by atoms with Gasteiger partial charge in [-0.3, -0.25) is 14.5 Å². The lowest BCUT2D eigenvalue weighted by molar-refractivity contribution is -0.111. The number of carbonyl (C=O) groups is 1. The van der Waals surface area contributed by atoms with Crippen molar-refractivity contribution in [1.29, 1.82) is 0 Å². The molecule has 3 N–H and O–H groups in total. The third kappa shape index (κ3) is 6.04. The summed E-state index contributed by atoms with van der Waals surface area (Å²) in [5.74, 6) is -2.80. The van der Waals surface area contributed by atoms with E-state index in [0.717, 1.165) is 12.3 Å². The molecule has 0 radical (unpaired) electrons. The molecule has 0 saturated carbocycles. The Kier molecular flexibility index (Phi) is 7.23. The molecule has 0 spiro atoms. The monoisotopic (exact) mass is 471 g/mol. The number of allylic oxidation sites excluding steroid dienone is 1. The number of halogens is 2. The van der Waals surface area contributed by atoms with E-state index >= 15 is 0 Å². The van der Waals surface area contributed by atoms with E-state index in [2.05, 4.69) is 19.7 Å². The van der Waals surface area contributed by atoms with E-state index in [-0.39, 0.29) is 34.2 Å². The highest BCUT2D eigenvalue weighted by atomic mass is 32.2. The quantitative estimate of drug-likeness (QED) is 0.486. The number of anilines is 1. The molecule has 0 aliphatic carbocycles. The van der Waals surface area contributed by atoms with Gasteiger partial charge in [0.2, 0.25) is 0 Å². The Labute approximate surface area is 189 Å². The van der Waals surface area contributed by atoms with Gasteiger partial charge >= 0.3 is 0 Å². The minimum atomic E-state index is -4.11. The van der Waals surface area contributed by atoms with Gasteiger partial charge in [0.05, 0.1) is 23.3 Å². The first-order chi connectivity index (χ1) is 15.7. The molecule has 0 bridgehead atoms. The second-order valence-corrected chi connectivity index (χ2v) is 8.44. The van der Waals surface area contributed by atoms with Gasteiger partial charge in [-0.15, -0.1) is 0 Å². The Hall–Kier alpha value is -3.99. The molecule has 0 aliphatic heterocycles. The minimum absolute atomic E-state index is 0.0879. The summed E-state index contributed by atoms with van der Waals surface area (Å²) in [5, 5.41) is 0. The Morgan fingerprint density at radius 3 is 2.42 bits per heavy atom. The van der Waals surface area contributed by atoms with Crippen LogP contribution >= 0.6 is 0 Å². The molecule has 0 atom stereocenters. The summed E-state index contributed by atoms with van der Waals surface area (Å²) < 4.78 is 55.0. The zero-order chi connectivity index (χ0) is 24.0. The lowest BCUT2D eigenvalue weighted by Gasteiger charge is -2.09. The zero-order valence-electron chi connectivity index (χ0n) is 17.4. The van der Waals surface area contributed by atoms with Crippen molar-refractivity contribution in [2.45, 2.75) is 18.4 Å². The molecule has 0 fully saturated rings. The maximum atomic E-state index is 14.2. The highest BCUT2D eigenvalue weighted by Crippen LogP contribution is 2.18. The fourth-order valence-electron chi connectivity index (χ4n) is 2.63. The van der Waals surface area contributed by atoms with Gasteiger partial charge < -0.3 is 5.73 Å². The SMILES string of the molecule is CC(=O)C(C=C(N)c1ncc(F)c(NS(=O)(=O)c2ccccc2)n1)=NCc1ccccc1F. The van der Waals surface area contributed by atoms with Crippen molar-refractivity contribution in [3.05, 3.63) is 89.9 Å². The molecular weight excluding hydrogens is 452 g/mol. The van der Waals surface area contributed by atoms with Crippen molar-refractivity contribution in [3.63, 3.8) is 0 Å². The van der Waals surface area contributed by atoms with Crippen LogP contribution in [0.2, 0.25) is 0 Å². The fourth-order valence-corrected chi connectivity index (χ4v) is 3.66. The van der Waals surface area contributed by atoms with Crippen LogP contribution in [0.15, 0.2) is 76.8 Å². The van der Waals surface area contributed by atoms with E-state index in [9.17, 15) is 22.0 Å². The molecule has 2 aromatic carbocycles. The Morgan fingerprint density at radius 2 is 1.76 bits per heavy atom. The number of nitrogens with two attached hydrogens (primary N) is 1. The standard InChI is InChI=1S/C22H19F2N5O3S/c1-14(30)20(26-12-15-7-5-6-10-17(15)23)11-19(25)22-27-13-18(24)21(28-22)29-33(31,32)16-8-3-2-4-9-16/h2-11,13H,12,25H2,1H3,(H,27,28,29). The predicted molar refractivity (Wildman–Crippen MR) is 120 cm³/mol. The molecule has 33 heavy (non-hydrogen) atoms. The molecule has 11 heteroatoms. The third-order valence-electron chi connectivity index (χ3n) is 4.32. The molecule has 0 amide bonds. The second-order valence-electron chi connectivity index (χ2n) is 6.76. The van der Waals surface area contributed by atoms with Gasteiger partial charge in [-0.1, -0.05) is 36.4 Å². The van der Waals surface area contributed by atoms with Crippen molar-refractivity contribution in [2.75, 3.05) is 4.72 Å². The number of benzene rings is 2. The molecule has 170 valence electrons. The van der Waals surface area contributed by atoms with Crippen LogP contribution in [0, 0.1) is 11.6 Å². The smallest absolute Gasteiger partial charge is 0.263 e. The van der Waals surface area contributed by atoms with E-state index in [0.29, 0.717) is 0 Å². The average Bonchev–Trinajstić information content (AvgIpc) is 2.79. The second kappa shape index (κ2) is 10.1. The van der Waals surface area contributed by atoms with Gasteiger partial charge in [-0.2, -0.15) is 0 Å². The zero-order valence-corrected chi connectivity index (χ0v) is 18.2. The summed E-state index contributed by atoms with van der Waals surface area (Å²) in [6.07, 6.45) is 1.90. The lowest BCUT2D eigenvalue weighted by atomic mass is 10.2. The number of nitrogens with zero attached hydrogens (tertiary/aromatic N) is 3. The van der Waals surface area contributed by atoms with Gasteiger partial charge in [-0.25, -0.2) is 27.2 Å². The van der Waals surface area contributed by atoms with Crippen molar-refractivity contribution >= 4 is 33.0 Å². The van der Waals surface area contributed by atoms with Gasteiger partial charge in [0.25, 0.3) is 10.0 Å². The Morgan fingerprint density at radius 1 is 1.09 bits per heavy atom. The predicted octanol–water partition coefficient (Wildman–Crippen LogP) is 3.09. The number of aliphatic imine (C=N–C) groups is 1. The molecule has 0 saturated heterocycles. The van der Waals surface area contributed by atoms with Crippen LogP contribution in [-0.4, -0.2) is 29.9 Å². The van der Waals surface area contributed by atoms with Crippen molar-refractivity contribution in [1.82, 2.24) is 9.97 Å². The normalized spacial score (nSPS) is 12.5. The van der Waals surface area contributed by atoms with E-state index in [1.807, 2.05) is 0 Å². The topological polar surface area (TPSA) is 127 Å². The number of hydrogen-bond donors (Lipinski definition) is 2. The van der Waals surface area contributed by atoms with Crippen LogP contribution in [0.3, 0.4) is 0 Å². The molecule has 0 aliphatic rings. The van der Waals surface area contributed by atoms with E-state index in [1.54, 1.807) is 12.1 Å². The summed E-state index contributed by atoms with van der Waals surface area (Å²) in [4.78, 5) is 23.5. The van der Waals surface area contributed by atoms with Crippen LogP contribution in [-0.2, 0) is 21.4 Å². The van der Waals surface area contributed by atoms with Gasteiger partial charge in [0.15, 0.2) is 23.2 Å². The van der Waals surface area contributed by atoms with Crippen LogP contribution < -0.4 is 10.5 Å². The number of aromatic nitrogens is 2. The van der Waals surface area contributed by atoms with Crippen LogP contribution in [0.5, 0.6) is 0 Å². The van der Waals surface area contributed by atoms with Crippen molar-refractivity contribution in [2.24, 2.45) is 10.7 Å². The molecule has 3 rings (SSSR count). The average molecular weight is 471 g/mol. The summed E-state index contributed by atoms with van der Waals surface area (Å²) >= 11 is 0. The van der Waals surface area contributed by atoms with Gasteiger partial charge in [0.1, 0.15) is 11.5 Å². The first-order valence-electron chi connectivity index (χ1n) is 9.54. The molecule has 3 aromatic rings. The summed E-state index contributed by atoms with van der Waals surface area (Å²) in [6, 6.07) is 13.3. The Balaban J connectivity index is 1.89. The maximum Gasteiger partial charge on any atom is 0.263 e. The van der Waals surface area contributed by atoms with Crippen LogP contribution in [0.25, 0.3) is 5.70 Å². The van der Waals surface area contributed by atoms with Gasteiger partial charge in [-0.05, 0) is 24.3 Å². The maximum absolute atomic E-state index is 14.2. The molecular formula is C22H19F2N5O3S. The molecule has 1 heterocycles. The number of hydrogen-bond acceptors (Lipinski definition) is 7. The van der Waals surface area contributed by atoms with Gasteiger partial charge in [0, 0.05) is 12.5 Å². The minimum Gasteiger partial charge on any atom is -0.396 e. The molecule has 8 nitrogen and oxygen atoms in total. The number of rotatable bonds is 8. The van der Waals surface area contributed by atoms with E-state index in [1.165, 1.54) is 49.4 Å². The largest absolute Gasteiger partial charge is 0.396 e. The summed E-state index contributed by atoms with van der Waals surface area (Å²) in [7, 11) is -4.11. The highest BCUT2D eigenvalue weighted by molar-refractivity contribution is 7.92. The summed E-state index contributed by atoms with van der Waals surface area (Å²) in [5.41, 5.74) is 5.98. The fraction of sp³-hybridized carbons (Fsp3) is 0.0909. The summed E-state index contributed by atoms with van der Waals surface area (Å²) in [6.45, 7) is 1.13. The third-order valence-corrected chi connectivity index (χ3v) is 5.67. The molecule has 0 unspecified atom stereocenters. The van der Waals surface area contributed by atoms with E-state index in [4.69, 9.17) is 5.73 Å². The van der Waals surface area contributed by atoms with Crippen molar-refractivity contribution in [3.8, 4) is 0 Å². The first-order valence-corrected chi connectivity index (χ1v) is 11.0. The first kappa shape index (κ1) is 23.7. The number of nitrogens with one attached hydrogen (secondary N) is 1. The number of carbonyl (C=O) groups excluding carboxylic acids is 1. The number of ketones is 1. The van der Waals surface area contributed by atoms with E-state index < -0.39 is 33.3 Å². The van der Waals surface area contributed by atoms with Crippen LogP contribution in [0.4, 0.5) is 14.6 Å². The van der Waals surface area contributed by atoms with Crippen LogP contribution in [0.1, 0.15) is 18.3 Å².